The summed E-state index contributed by atoms with van der Waals surface area (Å²) in [6.07, 6.45) is -0.881. The van der Waals surface area contributed by atoms with Crippen LogP contribution in [0.4, 0.5) is 4.39 Å². The summed E-state index contributed by atoms with van der Waals surface area (Å²) < 4.78 is 32.5. The molecule has 0 unspecified atom stereocenters. The second-order valence-corrected chi connectivity index (χ2v) is 10.9. The molecule has 0 amide bonds. The van der Waals surface area contributed by atoms with E-state index in [-0.39, 0.29) is 25.0 Å². The van der Waals surface area contributed by atoms with Crippen LogP contribution in [-0.4, -0.2) is 64.6 Å². The number of amidine groups is 1. The standard InChI is InChI=1S/C25H39FN2O8/c1-9-15-25(7)17(16(20(27)28-33)21(31)36-25)14(4)18(29)12(2)10-23(5,34-8)11-13(3)19(30)24(6,26)22(32)35-15/h12-17,33H,9-11H2,1-8H3,(H2,27,28)/t12-,13-,14-,15+,16-,17+,23-,24+,25+/m1/s1. The largest absolute Gasteiger partial charge is 0.455 e. The van der Waals surface area contributed by atoms with Crippen molar-refractivity contribution in [2.45, 2.75) is 90.7 Å². The number of fused-ring (bicyclic) bond motifs is 1. The molecule has 0 bridgehead atoms. The minimum atomic E-state index is -2.97. The van der Waals surface area contributed by atoms with Crippen molar-refractivity contribution < 1.29 is 43.0 Å². The summed E-state index contributed by atoms with van der Waals surface area (Å²) in [5.74, 6) is -8.65. The molecule has 2 fully saturated rings. The van der Waals surface area contributed by atoms with Crippen LogP contribution in [0.3, 0.4) is 0 Å². The van der Waals surface area contributed by atoms with Crippen LogP contribution in [-0.2, 0) is 33.4 Å². The zero-order valence-electron chi connectivity index (χ0n) is 22.3. The molecule has 36 heavy (non-hydrogen) atoms. The highest BCUT2D eigenvalue weighted by molar-refractivity contribution is 6.07. The first-order valence-electron chi connectivity index (χ1n) is 12.2. The number of carbonyl (C=O) groups is 4. The zero-order chi connectivity index (χ0) is 27.8. The van der Waals surface area contributed by atoms with E-state index >= 15 is 4.39 Å². The van der Waals surface area contributed by atoms with Crippen LogP contribution in [0.1, 0.15) is 67.7 Å². The van der Waals surface area contributed by atoms with Crippen LogP contribution in [0, 0.1) is 29.6 Å². The fourth-order valence-electron chi connectivity index (χ4n) is 6.03. The Morgan fingerprint density at radius 1 is 1.14 bits per heavy atom. The lowest BCUT2D eigenvalue weighted by Crippen LogP contribution is -2.55. The van der Waals surface area contributed by atoms with Gasteiger partial charge in [0.25, 0.3) is 5.67 Å². The predicted molar refractivity (Wildman–Crippen MR) is 127 cm³/mol. The van der Waals surface area contributed by atoms with Gasteiger partial charge in [-0.25, -0.2) is 9.18 Å². The van der Waals surface area contributed by atoms with Gasteiger partial charge < -0.3 is 25.2 Å². The first kappa shape index (κ1) is 29.7. The molecule has 0 saturated carbocycles. The second-order valence-electron chi connectivity index (χ2n) is 10.9. The number of ether oxygens (including phenoxy) is 3. The summed E-state index contributed by atoms with van der Waals surface area (Å²) in [4.78, 5) is 52.7. The van der Waals surface area contributed by atoms with Crippen molar-refractivity contribution in [3.8, 4) is 0 Å². The Morgan fingerprint density at radius 2 is 1.69 bits per heavy atom. The molecule has 2 heterocycles. The third-order valence-corrected chi connectivity index (χ3v) is 8.02. The van der Waals surface area contributed by atoms with Crippen LogP contribution in [0.25, 0.3) is 0 Å². The summed E-state index contributed by atoms with van der Waals surface area (Å²) in [6.45, 7) is 10.5. The Balaban J connectivity index is 2.73. The third kappa shape index (κ3) is 5.12. The number of oxime groups is 1. The van der Waals surface area contributed by atoms with Gasteiger partial charge in [-0.2, -0.15) is 0 Å². The summed E-state index contributed by atoms with van der Waals surface area (Å²) in [5.41, 5.74) is 0.256. The molecule has 10 nitrogen and oxygen atoms in total. The normalized spacial score (nSPS) is 43.4. The molecule has 2 rings (SSSR count). The van der Waals surface area contributed by atoms with Gasteiger partial charge in [0.05, 0.1) is 5.60 Å². The number of carbonyl (C=O) groups excluding carboxylic acids is 4. The Kier molecular flexibility index (Phi) is 8.60. The third-order valence-electron chi connectivity index (χ3n) is 8.02. The number of halogens is 1. The van der Waals surface area contributed by atoms with Crippen molar-refractivity contribution in [3.63, 3.8) is 0 Å². The topological polar surface area (TPSA) is 155 Å². The molecule has 0 radical (unpaired) electrons. The van der Waals surface area contributed by atoms with Gasteiger partial charge >= 0.3 is 11.9 Å². The van der Waals surface area contributed by atoms with E-state index in [1.807, 2.05) is 0 Å². The van der Waals surface area contributed by atoms with Gasteiger partial charge in [0.1, 0.15) is 17.8 Å². The molecule has 0 aliphatic carbocycles. The molecule has 0 aromatic heterocycles. The molecule has 2 saturated heterocycles. The maximum atomic E-state index is 15.7. The maximum absolute atomic E-state index is 15.7. The van der Waals surface area contributed by atoms with Gasteiger partial charge in [-0.15, -0.1) is 0 Å². The van der Waals surface area contributed by atoms with Crippen LogP contribution in [0.2, 0.25) is 0 Å². The number of alkyl halides is 1. The zero-order valence-corrected chi connectivity index (χ0v) is 22.3. The van der Waals surface area contributed by atoms with Crippen LogP contribution in [0.15, 0.2) is 5.16 Å². The van der Waals surface area contributed by atoms with E-state index in [4.69, 9.17) is 19.9 Å². The van der Waals surface area contributed by atoms with E-state index in [1.165, 1.54) is 21.0 Å². The highest BCUT2D eigenvalue weighted by atomic mass is 19.1. The molecule has 9 atom stereocenters. The number of rotatable bonds is 3. The first-order valence-corrected chi connectivity index (χ1v) is 12.2. The van der Waals surface area contributed by atoms with Crippen molar-refractivity contribution in [3.05, 3.63) is 0 Å². The lowest BCUT2D eigenvalue weighted by atomic mass is 9.67. The Labute approximate surface area is 211 Å². The van der Waals surface area contributed by atoms with Crippen molar-refractivity contribution >= 4 is 29.3 Å². The van der Waals surface area contributed by atoms with Crippen molar-refractivity contribution in [2.75, 3.05) is 7.11 Å². The number of hydrogen-bond acceptors (Lipinski definition) is 9. The van der Waals surface area contributed by atoms with Crippen LogP contribution >= 0.6 is 0 Å². The van der Waals surface area contributed by atoms with Gasteiger partial charge in [-0.3, -0.25) is 14.4 Å². The lowest BCUT2D eigenvalue weighted by Gasteiger charge is -2.41. The number of ketones is 2. The van der Waals surface area contributed by atoms with Crippen LogP contribution in [0.5, 0.6) is 0 Å². The van der Waals surface area contributed by atoms with Crippen molar-refractivity contribution in [1.82, 2.24) is 0 Å². The quantitative estimate of drug-likeness (QED) is 0.144. The Morgan fingerprint density at radius 3 is 2.19 bits per heavy atom. The van der Waals surface area contributed by atoms with E-state index in [1.54, 1.807) is 27.7 Å². The van der Waals surface area contributed by atoms with Gasteiger partial charge in [-0.1, -0.05) is 32.9 Å². The number of nitrogens with two attached hydrogens (primary N) is 1. The van der Waals surface area contributed by atoms with Crippen molar-refractivity contribution in [2.24, 2.45) is 40.5 Å². The smallest absolute Gasteiger partial charge is 0.351 e. The highest BCUT2D eigenvalue weighted by Gasteiger charge is 2.63. The van der Waals surface area contributed by atoms with Gasteiger partial charge in [0, 0.05) is 30.8 Å². The summed E-state index contributed by atoms with van der Waals surface area (Å²) in [5, 5.41) is 12.3. The monoisotopic (exact) mass is 514 g/mol. The SMILES string of the molecule is CC[C@@H]1OC(=O)[C@@](C)(F)C(=O)[C@H](C)C[C@](C)(OC)C[C@@H](C)C(=O)[C@H](C)[C@H]2[C@H](/C(N)=N/O)C(=O)O[C@]21C. The molecule has 0 spiro atoms. The molecule has 3 N–H and O–H groups in total. The average molecular weight is 515 g/mol. The number of cyclic esters (lactones) is 1. The number of nitrogens with zero attached hydrogens (tertiary/aromatic N) is 1. The predicted octanol–water partition coefficient (Wildman–Crippen LogP) is 2.58. The second kappa shape index (κ2) is 10.4. The molecule has 2 aliphatic heterocycles. The number of esters is 2. The average Bonchev–Trinajstić information content (AvgIpc) is 3.09. The van der Waals surface area contributed by atoms with Gasteiger partial charge in [-0.05, 0) is 40.0 Å². The van der Waals surface area contributed by atoms with E-state index in [0.717, 1.165) is 6.92 Å². The molecular formula is C25H39FN2O8. The van der Waals surface area contributed by atoms with Gasteiger partial charge in [0.2, 0.25) is 0 Å². The first-order chi connectivity index (χ1) is 16.5. The minimum absolute atomic E-state index is 0.0633. The lowest BCUT2D eigenvalue weighted by molar-refractivity contribution is -0.189. The molecular weight excluding hydrogens is 475 g/mol. The summed E-state index contributed by atoms with van der Waals surface area (Å²) in [6, 6.07) is 0. The summed E-state index contributed by atoms with van der Waals surface area (Å²) in [7, 11) is 1.44. The fraction of sp³-hybridized carbons (Fsp3) is 0.800. The number of Topliss-reactive ketones (excluding diaryl/α,β-unsaturated/α-hetero) is 2. The highest BCUT2D eigenvalue weighted by Crippen LogP contribution is 2.48. The number of methoxy groups -OCH3 is 1. The fourth-order valence-corrected chi connectivity index (χ4v) is 6.03. The van der Waals surface area contributed by atoms with Crippen molar-refractivity contribution in [1.29, 1.82) is 0 Å². The molecule has 2 aliphatic rings. The minimum Gasteiger partial charge on any atom is -0.455 e. The maximum Gasteiger partial charge on any atom is 0.351 e. The molecule has 11 heteroatoms. The molecule has 204 valence electrons. The van der Waals surface area contributed by atoms with Crippen LogP contribution < -0.4 is 5.73 Å². The number of hydrogen-bond donors (Lipinski definition) is 2. The van der Waals surface area contributed by atoms with E-state index in [2.05, 4.69) is 5.16 Å². The van der Waals surface area contributed by atoms with E-state index < -0.39 is 76.1 Å². The Bertz CT molecular complexity index is 937. The molecule has 0 aromatic rings. The van der Waals surface area contributed by atoms with Gasteiger partial charge in [0.15, 0.2) is 17.2 Å². The van der Waals surface area contributed by atoms with E-state index in [0.29, 0.717) is 0 Å². The Hall–Kier alpha value is -2.56. The van der Waals surface area contributed by atoms with E-state index in [9.17, 15) is 24.4 Å². The molecule has 0 aromatic carbocycles. The summed E-state index contributed by atoms with van der Waals surface area (Å²) >= 11 is 0.